The molecule has 0 radical (unpaired) electrons. The Morgan fingerprint density at radius 3 is 3.00 bits per heavy atom. The molecule has 5 nitrogen and oxygen atoms in total. The lowest BCUT2D eigenvalue weighted by molar-refractivity contribution is 0.115. The van der Waals surface area contributed by atoms with Crippen molar-refractivity contribution in [2.24, 2.45) is 0 Å². The summed E-state index contributed by atoms with van der Waals surface area (Å²) in [5.41, 5.74) is 1.02. The average molecular weight is 304 g/mol. The highest BCUT2D eigenvalue weighted by Gasteiger charge is 2.33. The van der Waals surface area contributed by atoms with Crippen LogP contribution in [0.25, 0.3) is 0 Å². The van der Waals surface area contributed by atoms with Crippen molar-refractivity contribution >= 4 is 21.4 Å². The standard InChI is InChI=1S/C12H20N2O3S2/c1-3-13-7-10-6-12(18-9-10)19(15,16)14-5-4-11(8-14)17-2/h6,9,11,13H,3-5,7-8H2,1-2H3. The van der Waals surface area contributed by atoms with Crippen molar-refractivity contribution in [1.29, 1.82) is 0 Å². The number of ether oxygens (including phenoxy) is 1. The second kappa shape index (κ2) is 6.32. The zero-order valence-corrected chi connectivity index (χ0v) is 12.9. The van der Waals surface area contributed by atoms with Gasteiger partial charge >= 0.3 is 0 Å². The molecule has 0 saturated carbocycles. The van der Waals surface area contributed by atoms with E-state index in [-0.39, 0.29) is 6.10 Å². The largest absolute Gasteiger partial charge is 0.380 e. The third-order valence-electron chi connectivity index (χ3n) is 3.24. The molecule has 7 heteroatoms. The van der Waals surface area contributed by atoms with Gasteiger partial charge in [-0.25, -0.2) is 8.42 Å². The van der Waals surface area contributed by atoms with Crippen molar-refractivity contribution in [1.82, 2.24) is 9.62 Å². The number of nitrogens with one attached hydrogen (secondary N) is 1. The van der Waals surface area contributed by atoms with Gasteiger partial charge < -0.3 is 10.1 Å². The van der Waals surface area contributed by atoms with Gasteiger partial charge in [-0.2, -0.15) is 4.31 Å². The van der Waals surface area contributed by atoms with Crippen LogP contribution in [0.1, 0.15) is 18.9 Å². The topological polar surface area (TPSA) is 58.6 Å². The smallest absolute Gasteiger partial charge is 0.252 e. The molecule has 1 aromatic heterocycles. The molecular formula is C12H20N2O3S2. The van der Waals surface area contributed by atoms with Gasteiger partial charge in [0.15, 0.2) is 0 Å². The van der Waals surface area contributed by atoms with E-state index in [1.807, 2.05) is 12.3 Å². The fourth-order valence-electron chi connectivity index (χ4n) is 2.09. The number of hydrogen-bond donors (Lipinski definition) is 1. The maximum atomic E-state index is 12.4. The molecule has 0 amide bonds. The second-order valence-electron chi connectivity index (χ2n) is 4.56. The van der Waals surface area contributed by atoms with Gasteiger partial charge in [0, 0.05) is 26.7 Å². The normalized spacial score (nSPS) is 21.1. The molecule has 19 heavy (non-hydrogen) atoms. The summed E-state index contributed by atoms with van der Waals surface area (Å²) in [4.78, 5) is 0. The first-order chi connectivity index (χ1) is 9.07. The first-order valence-corrected chi connectivity index (χ1v) is 8.71. The predicted molar refractivity (Wildman–Crippen MR) is 75.9 cm³/mol. The van der Waals surface area contributed by atoms with E-state index >= 15 is 0 Å². The maximum absolute atomic E-state index is 12.4. The van der Waals surface area contributed by atoms with Crippen LogP contribution < -0.4 is 5.32 Å². The molecule has 0 aliphatic carbocycles. The van der Waals surface area contributed by atoms with Crippen molar-refractivity contribution in [3.63, 3.8) is 0 Å². The van der Waals surface area contributed by atoms with Crippen LogP contribution in [0.3, 0.4) is 0 Å². The molecule has 1 N–H and O–H groups in total. The molecule has 108 valence electrons. The molecule has 1 saturated heterocycles. The second-order valence-corrected chi connectivity index (χ2v) is 7.64. The first-order valence-electron chi connectivity index (χ1n) is 6.39. The number of sulfonamides is 1. The Balaban J connectivity index is 2.09. The molecule has 1 fully saturated rings. The van der Waals surface area contributed by atoms with Gasteiger partial charge in [0.25, 0.3) is 10.0 Å². The summed E-state index contributed by atoms with van der Waals surface area (Å²) in [7, 11) is -1.72. The monoisotopic (exact) mass is 304 g/mol. The summed E-state index contributed by atoms with van der Waals surface area (Å²) < 4.78 is 32.1. The van der Waals surface area contributed by atoms with Crippen molar-refractivity contribution in [2.75, 3.05) is 26.7 Å². The van der Waals surface area contributed by atoms with Crippen LogP contribution in [0.5, 0.6) is 0 Å². The molecule has 1 unspecified atom stereocenters. The number of rotatable bonds is 6. The molecular weight excluding hydrogens is 284 g/mol. The molecule has 1 atom stereocenters. The zero-order chi connectivity index (χ0) is 13.9. The van der Waals surface area contributed by atoms with E-state index in [0.29, 0.717) is 23.8 Å². The molecule has 1 aromatic rings. The average Bonchev–Trinajstić information content (AvgIpc) is 3.05. The van der Waals surface area contributed by atoms with Crippen LogP contribution in [-0.2, 0) is 21.3 Å². The van der Waals surface area contributed by atoms with Crippen LogP contribution >= 0.6 is 11.3 Å². The van der Waals surface area contributed by atoms with Crippen LogP contribution in [0.4, 0.5) is 0 Å². The molecule has 2 rings (SSSR count). The van der Waals surface area contributed by atoms with Gasteiger partial charge in [-0.1, -0.05) is 6.92 Å². The molecule has 1 aliphatic heterocycles. The summed E-state index contributed by atoms with van der Waals surface area (Å²) in [5.74, 6) is 0. The Labute approximate surface area is 118 Å². The molecule has 0 aromatic carbocycles. The lowest BCUT2D eigenvalue weighted by Gasteiger charge is -2.14. The minimum absolute atomic E-state index is 0.0240. The van der Waals surface area contributed by atoms with E-state index < -0.39 is 10.0 Å². The van der Waals surface area contributed by atoms with E-state index in [1.165, 1.54) is 15.6 Å². The Bertz CT molecular complexity index is 513. The van der Waals surface area contributed by atoms with E-state index in [0.717, 1.165) is 18.5 Å². The summed E-state index contributed by atoms with van der Waals surface area (Å²) in [6, 6.07) is 1.77. The van der Waals surface area contributed by atoms with Crippen molar-refractivity contribution in [3.05, 3.63) is 17.0 Å². The lowest BCUT2D eigenvalue weighted by atomic mass is 10.3. The Hall–Kier alpha value is -0.470. The fraction of sp³-hybridized carbons (Fsp3) is 0.667. The van der Waals surface area contributed by atoms with E-state index in [4.69, 9.17) is 4.74 Å². The van der Waals surface area contributed by atoms with E-state index in [2.05, 4.69) is 5.32 Å². The van der Waals surface area contributed by atoms with Gasteiger partial charge in [0.05, 0.1) is 6.10 Å². The minimum atomic E-state index is -3.34. The quantitative estimate of drug-likeness (QED) is 0.860. The van der Waals surface area contributed by atoms with Crippen molar-refractivity contribution < 1.29 is 13.2 Å². The Kier molecular flexibility index (Phi) is 4.97. The van der Waals surface area contributed by atoms with Crippen LogP contribution in [0, 0.1) is 0 Å². The Morgan fingerprint density at radius 2 is 2.37 bits per heavy atom. The number of nitrogens with zero attached hydrogens (tertiary/aromatic N) is 1. The van der Waals surface area contributed by atoms with Gasteiger partial charge in [-0.15, -0.1) is 11.3 Å². The van der Waals surface area contributed by atoms with Crippen LogP contribution in [0.2, 0.25) is 0 Å². The molecule has 2 heterocycles. The van der Waals surface area contributed by atoms with Gasteiger partial charge in [-0.05, 0) is 30.0 Å². The summed E-state index contributed by atoms with van der Waals surface area (Å²) in [6.07, 6.45) is 0.793. The number of methoxy groups -OCH3 is 1. The van der Waals surface area contributed by atoms with Crippen molar-refractivity contribution in [3.8, 4) is 0 Å². The Morgan fingerprint density at radius 1 is 1.58 bits per heavy atom. The highest BCUT2D eigenvalue weighted by molar-refractivity contribution is 7.91. The van der Waals surface area contributed by atoms with Crippen LogP contribution in [0.15, 0.2) is 15.7 Å². The minimum Gasteiger partial charge on any atom is -0.380 e. The summed E-state index contributed by atoms with van der Waals surface area (Å²) >= 11 is 1.29. The highest BCUT2D eigenvalue weighted by atomic mass is 32.2. The number of thiophene rings is 1. The fourth-order valence-corrected chi connectivity index (χ4v) is 4.93. The highest BCUT2D eigenvalue weighted by Crippen LogP contribution is 2.27. The third kappa shape index (κ3) is 3.35. The SMILES string of the molecule is CCNCc1csc(S(=O)(=O)N2CCC(OC)C2)c1. The predicted octanol–water partition coefficient (Wildman–Crippen LogP) is 1.27. The van der Waals surface area contributed by atoms with Crippen molar-refractivity contribution in [2.45, 2.75) is 30.2 Å². The molecule has 0 spiro atoms. The van der Waals surface area contributed by atoms with E-state index in [1.54, 1.807) is 13.2 Å². The van der Waals surface area contributed by atoms with Crippen LogP contribution in [-0.4, -0.2) is 45.6 Å². The molecule has 1 aliphatic rings. The number of hydrogen-bond acceptors (Lipinski definition) is 5. The third-order valence-corrected chi connectivity index (χ3v) is 6.57. The maximum Gasteiger partial charge on any atom is 0.252 e. The summed E-state index contributed by atoms with van der Waals surface area (Å²) in [5, 5.41) is 5.10. The van der Waals surface area contributed by atoms with Gasteiger partial charge in [0.1, 0.15) is 4.21 Å². The first kappa shape index (κ1) is 14.9. The zero-order valence-electron chi connectivity index (χ0n) is 11.3. The van der Waals surface area contributed by atoms with Gasteiger partial charge in [-0.3, -0.25) is 0 Å². The van der Waals surface area contributed by atoms with E-state index in [9.17, 15) is 8.42 Å². The summed E-state index contributed by atoms with van der Waals surface area (Å²) in [6.45, 7) is 4.61. The molecule has 0 bridgehead atoms. The lowest BCUT2D eigenvalue weighted by Crippen LogP contribution is -2.29. The van der Waals surface area contributed by atoms with Gasteiger partial charge in [0.2, 0.25) is 0 Å².